The highest BCUT2D eigenvalue weighted by molar-refractivity contribution is 6.32. The van der Waals surface area contributed by atoms with Gasteiger partial charge in [0.1, 0.15) is 11.5 Å². The Kier molecular flexibility index (Phi) is 4.64. The molecule has 4 heteroatoms. The maximum absolute atomic E-state index is 11.6. The average molecular weight is 291 g/mol. The van der Waals surface area contributed by atoms with Crippen molar-refractivity contribution < 1.29 is 14.3 Å². The maximum atomic E-state index is 11.6. The van der Waals surface area contributed by atoms with Crippen LogP contribution in [0.4, 0.5) is 0 Å². The molecule has 0 atom stereocenters. The maximum Gasteiger partial charge on any atom is 0.338 e. The van der Waals surface area contributed by atoms with E-state index in [4.69, 9.17) is 21.1 Å². The zero-order valence-electron chi connectivity index (χ0n) is 11.4. The van der Waals surface area contributed by atoms with Crippen molar-refractivity contribution in [3.63, 3.8) is 0 Å². The molecule has 20 heavy (non-hydrogen) atoms. The van der Waals surface area contributed by atoms with E-state index in [1.807, 2.05) is 31.2 Å². The normalized spacial score (nSPS) is 10.2. The summed E-state index contributed by atoms with van der Waals surface area (Å²) in [7, 11) is 0. The molecular formula is C16H15ClO3. The third-order valence-electron chi connectivity index (χ3n) is 2.69. The first-order chi connectivity index (χ1) is 9.60. The topological polar surface area (TPSA) is 35.5 Å². The smallest absolute Gasteiger partial charge is 0.338 e. The molecular weight excluding hydrogens is 276 g/mol. The molecule has 0 amide bonds. The van der Waals surface area contributed by atoms with Crippen LogP contribution in [-0.4, -0.2) is 12.6 Å². The van der Waals surface area contributed by atoms with Crippen LogP contribution in [0.1, 0.15) is 22.8 Å². The summed E-state index contributed by atoms with van der Waals surface area (Å²) in [5, 5.41) is 0.371. The predicted octanol–water partition coefficient (Wildman–Crippen LogP) is 4.62. The number of esters is 1. The van der Waals surface area contributed by atoms with Gasteiger partial charge in [0.05, 0.1) is 17.2 Å². The zero-order chi connectivity index (χ0) is 14.5. The molecule has 0 aliphatic rings. The second-order valence-corrected chi connectivity index (χ2v) is 4.69. The Labute approximate surface area is 123 Å². The first-order valence-corrected chi connectivity index (χ1v) is 6.69. The number of aryl methyl sites for hydroxylation is 1. The molecule has 0 spiro atoms. The summed E-state index contributed by atoms with van der Waals surface area (Å²) in [6, 6.07) is 12.5. The standard InChI is InChI=1S/C16H15ClO3/c1-3-19-16(18)12-6-9-15(14(17)10-12)20-13-7-4-11(2)5-8-13/h4-10H,3H2,1-2H3. The molecule has 0 unspecified atom stereocenters. The minimum atomic E-state index is -0.392. The molecule has 0 bridgehead atoms. The van der Waals surface area contributed by atoms with Crippen LogP contribution >= 0.6 is 11.6 Å². The summed E-state index contributed by atoms with van der Waals surface area (Å²) in [5.74, 6) is 0.807. The molecule has 104 valence electrons. The molecule has 2 aromatic rings. The average Bonchev–Trinajstić information content (AvgIpc) is 2.43. The molecule has 0 fully saturated rings. The molecule has 3 nitrogen and oxygen atoms in total. The van der Waals surface area contributed by atoms with Gasteiger partial charge in [0.15, 0.2) is 0 Å². The third kappa shape index (κ3) is 3.52. The number of rotatable bonds is 4. The van der Waals surface area contributed by atoms with E-state index in [0.29, 0.717) is 28.7 Å². The number of halogens is 1. The molecule has 2 rings (SSSR count). The number of ether oxygens (including phenoxy) is 2. The van der Waals surface area contributed by atoms with Crippen LogP contribution in [0.5, 0.6) is 11.5 Å². The lowest BCUT2D eigenvalue weighted by Gasteiger charge is -2.09. The molecule has 0 saturated heterocycles. The lowest BCUT2D eigenvalue weighted by atomic mass is 10.2. The van der Waals surface area contributed by atoms with Crippen LogP contribution in [-0.2, 0) is 4.74 Å². The highest BCUT2D eigenvalue weighted by atomic mass is 35.5. The summed E-state index contributed by atoms with van der Waals surface area (Å²) in [4.78, 5) is 11.6. The molecule has 0 aliphatic heterocycles. The SMILES string of the molecule is CCOC(=O)c1ccc(Oc2ccc(C)cc2)c(Cl)c1. The Balaban J connectivity index is 2.17. The quantitative estimate of drug-likeness (QED) is 0.771. The van der Waals surface area contributed by atoms with Gasteiger partial charge in [0, 0.05) is 0 Å². The van der Waals surface area contributed by atoms with Gasteiger partial charge in [0.2, 0.25) is 0 Å². The van der Waals surface area contributed by atoms with Gasteiger partial charge in [-0.2, -0.15) is 0 Å². The fourth-order valence-electron chi connectivity index (χ4n) is 1.66. The molecule has 2 aromatic carbocycles. The van der Waals surface area contributed by atoms with Crippen LogP contribution in [0.2, 0.25) is 5.02 Å². The van der Waals surface area contributed by atoms with E-state index in [1.54, 1.807) is 25.1 Å². The van der Waals surface area contributed by atoms with Gasteiger partial charge in [-0.15, -0.1) is 0 Å². The molecule has 0 N–H and O–H groups in total. The summed E-state index contributed by atoms with van der Waals surface area (Å²) in [6.45, 7) is 4.09. The fraction of sp³-hybridized carbons (Fsp3) is 0.188. The van der Waals surface area contributed by atoms with Gasteiger partial charge in [-0.25, -0.2) is 4.79 Å². The van der Waals surface area contributed by atoms with E-state index in [0.717, 1.165) is 5.56 Å². The van der Waals surface area contributed by atoms with Crippen LogP contribution < -0.4 is 4.74 Å². The molecule has 0 aromatic heterocycles. The number of carbonyl (C=O) groups excluding carboxylic acids is 1. The van der Waals surface area contributed by atoms with Crippen LogP contribution in [0.15, 0.2) is 42.5 Å². The van der Waals surface area contributed by atoms with Crippen molar-refractivity contribution in [3.8, 4) is 11.5 Å². The largest absolute Gasteiger partial charge is 0.462 e. The van der Waals surface area contributed by atoms with Crippen LogP contribution in [0.25, 0.3) is 0 Å². The highest BCUT2D eigenvalue weighted by Gasteiger charge is 2.10. The zero-order valence-corrected chi connectivity index (χ0v) is 12.1. The Hall–Kier alpha value is -2.00. The highest BCUT2D eigenvalue weighted by Crippen LogP contribution is 2.30. The Morgan fingerprint density at radius 2 is 1.85 bits per heavy atom. The monoisotopic (exact) mass is 290 g/mol. The Bertz CT molecular complexity index is 606. The molecule has 0 heterocycles. The van der Waals surface area contributed by atoms with Crippen molar-refractivity contribution >= 4 is 17.6 Å². The van der Waals surface area contributed by atoms with Crippen molar-refractivity contribution in [1.29, 1.82) is 0 Å². The van der Waals surface area contributed by atoms with E-state index in [2.05, 4.69) is 0 Å². The summed E-state index contributed by atoms with van der Waals surface area (Å²) >= 11 is 6.12. The lowest BCUT2D eigenvalue weighted by molar-refractivity contribution is 0.0526. The van der Waals surface area contributed by atoms with Gasteiger partial charge < -0.3 is 9.47 Å². The summed E-state index contributed by atoms with van der Waals surface area (Å²) < 4.78 is 10.6. The van der Waals surface area contributed by atoms with E-state index in [-0.39, 0.29) is 0 Å². The van der Waals surface area contributed by atoms with Crippen molar-refractivity contribution in [1.82, 2.24) is 0 Å². The van der Waals surface area contributed by atoms with Gasteiger partial charge in [-0.05, 0) is 44.2 Å². The Morgan fingerprint density at radius 1 is 1.15 bits per heavy atom. The van der Waals surface area contributed by atoms with Gasteiger partial charge in [0.25, 0.3) is 0 Å². The van der Waals surface area contributed by atoms with Crippen LogP contribution in [0.3, 0.4) is 0 Å². The summed E-state index contributed by atoms with van der Waals surface area (Å²) in [6.07, 6.45) is 0. The third-order valence-corrected chi connectivity index (χ3v) is 2.99. The molecule has 0 saturated carbocycles. The minimum Gasteiger partial charge on any atom is -0.462 e. The van der Waals surface area contributed by atoms with Gasteiger partial charge in [-0.1, -0.05) is 29.3 Å². The number of hydrogen-bond donors (Lipinski definition) is 0. The van der Waals surface area contributed by atoms with Crippen molar-refractivity contribution in [2.75, 3.05) is 6.61 Å². The predicted molar refractivity (Wildman–Crippen MR) is 78.7 cm³/mol. The minimum absolute atomic E-state index is 0.331. The van der Waals surface area contributed by atoms with E-state index in [1.165, 1.54) is 0 Å². The molecule has 0 aliphatic carbocycles. The van der Waals surface area contributed by atoms with Gasteiger partial charge >= 0.3 is 5.97 Å². The Morgan fingerprint density at radius 3 is 2.45 bits per heavy atom. The summed E-state index contributed by atoms with van der Waals surface area (Å²) in [5.41, 5.74) is 1.56. The van der Waals surface area contributed by atoms with Crippen molar-refractivity contribution in [2.45, 2.75) is 13.8 Å². The first kappa shape index (κ1) is 14.4. The molecule has 0 radical (unpaired) electrons. The number of benzene rings is 2. The first-order valence-electron chi connectivity index (χ1n) is 6.31. The number of hydrogen-bond acceptors (Lipinski definition) is 3. The van der Waals surface area contributed by atoms with Crippen molar-refractivity contribution in [3.05, 3.63) is 58.6 Å². The van der Waals surface area contributed by atoms with E-state index in [9.17, 15) is 4.79 Å². The van der Waals surface area contributed by atoms with Gasteiger partial charge in [-0.3, -0.25) is 0 Å². The fourth-order valence-corrected chi connectivity index (χ4v) is 1.88. The van der Waals surface area contributed by atoms with Crippen LogP contribution in [0, 0.1) is 6.92 Å². The van der Waals surface area contributed by atoms with E-state index < -0.39 is 5.97 Å². The number of carbonyl (C=O) groups is 1. The second kappa shape index (κ2) is 6.44. The lowest BCUT2D eigenvalue weighted by Crippen LogP contribution is -2.04. The van der Waals surface area contributed by atoms with E-state index >= 15 is 0 Å². The van der Waals surface area contributed by atoms with Crippen molar-refractivity contribution in [2.24, 2.45) is 0 Å². The second-order valence-electron chi connectivity index (χ2n) is 4.28.